The molecule has 114 valence electrons. The molecule has 0 saturated heterocycles. The average molecular weight is 293 g/mol. The minimum absolute atomic E-state index is 0.00294. The van der Waals surface area contributed by atoms with Crippen molar-refractivity contribution in [3.63, 3.8) is 0 Å². The van der Waals surface area contributed by atoms with Gasteiger partial charge in [0, 0.05) is 25.1 Å². The normalized spacial score (nSPS) is 16.6. The monoisotopic (exact) mass is 293 g/mol. The molecule has 0 aromatic heterocycles. The van der Waals surface area contributed by atoms with Crippen molar-refractivity contribution in [1.82, 2.24) is 0 Å². The van der Waals surface area contributed by atoms with Crippen LogP contribution in [0.1, 0.15) is 25.8 Å². The van der Waals surface area contributed by atoms with Gasteiger partial charge in [0.15, 0.2) is 0 Å². The summed E-state index contributed by atoms with van der Waals surface area (Å²) in [5.74, 6) is -0.153. The Labute approximate surface area is 122 Å². The largest absolute Gasteiger partial charge is 0.396 e. The standard InChI is InChI=1S/C14H19N3O4/c1-8(7-18)9(2)15-12-5-10-3-4-14(19)16-11(10)6-13(12)17(20)21/h5-6,8-9,15,18H,3-4,7H2,1-2H3,(H,16,19). The highest BCUT2D eigenvalue weighted by molar-refractivity contribution is 5.95. The van der Waals surface area contributed by atoms with Crippen molar-refractivity contribution in [1.29, 1.82) is 0 Å². The van der Waals surface area contributed by atoms with Gasteiger partial charge in [0.05, 0.1) is 10.6 Å². The van der Waals surface area contributed by atoms with Crippen molar-refractivity contribution in [3.05, 3.63) is 27.8 Å². The quantitative estimate of drug-likeness (QED) is 0.568. The number of hydrogen-bond acceptors (Lipinski definition) is 5. The molecule has 2 atom stereocenters. The Bertz CT molecular complexity index is 574. The maximum atomic E-state index is 11.4. The minimum Gasteiger partial charge on any atom is -0.396 e. The summed E-state index contributed by atoms with van der Waals surface area (Å²) in [5, 5.41) is 26.1. The van der Waals surface area contributed by atoms with E-state index in [-0.39, 0.29) is 30.2 Å². The highest BCUT2D eigenvalue weighted by Gasteiger charge is 2.24. The number of hydrogen-bond donors (Lipinski definition) is 3. The van der Waals surface area contributed by atoms with E-state index in [1.54, 1.807) is 6.07 Å². The Morgan fingerprint density at radius 1 is 1.43 bits per heavy atom. The first-order valence-electron chi connectivity index (χ1n) is 6.91. The van der Waals surface area contributed by atoms with E-state index in [2.05, 4.69) is 10.6 Å². The smallest absolute Gasteiger partial charge is 0.294 e. The summed E-state index contributed by atoms with van der Waals surface area (Å²) >= 11 is 0. The van der Waals surface area contributed by atoms with E-state index in [4.69, 9.17) is 5.11 Å². The summed E-state index contributed by atoms with van der Waals surface area (Å²) in [6.07, 6.45) is 0.949. The van der Waals surface area contributed by atoms with E-state index < -0.39 is 4.92 Å². The molecule has 7 heteroatoms. The predicted octanol–water partition coefficient (Wildman–Crippen LogP) is 1.91. The molecule has 0 radical (unpaired) electrons. The third-order valence-electron chi connectivity index (χ3n) is 3.84. The average Bonchev–Trinajstić information content (AvgIpc) is 2.45. The number of carbonyl (C=O) groups excluding carboxylic acids is 1. The third kappa shape index (κ3) is 3.30. The molecule has 7 nitrogen and oxygen atoms in total. The molecule has 2 rings (SSSR count). The van der Waals surface area contributed by atoms with Gasteiger partial charge in [-0.15, -0.1) is 0 Å². The van der Waals surface area contributed by atoms with E-state index >= 15 is 0 Å². The van der Waals surface area contributed by atoms with Crippen molar-refractivity contribution >= 4 is 23.0 Å². The van der Waals surface area contributed by atoms with Crippen LogP contribution < -0.4 is 10.6 Å². The maximum Gasteiger partial charge on any atom is 0.294 e. The van der Waals surface area contributed by atoms with Gasteiger partial charge in [-0.05, 0) is 30.9 Å². The number of amides is 1. The van der Waals surface area contributed by atoms with E-state index in [0.717, 1.165) is 5.56 Å². The molecular formula is C14H19N3O4. The molecule has 21 heavy (non-hydrogen) atoms. The molecule has 0 fully saturated rings. The minimum atomic E-state index is -0.473. The molecule has 0 aliphatic carbocycles. The van der Waals surface area contributed by atoms with Crippen LogP contribution in [0.15, 0.2) is 12.1 Å². The van der Waals surface area contributed by atoms with Crippen molar-refractivity contribution < 1.29 is 14.8 Å². The highest BCUT2D eigenvalue weighted by Crippen LogP contribution is 2.34. The van der Waals surface area contributed by atoms with Gasteiger partial charge >= 0.3 is 0 Å². The van der Waals surface area contributed by atoms with Crippen molar-refractivity contribution in [2.75, 3.05) is 17.2 Å². The molecule has 2 unspecified atom stereocenters. The van der Waals surface area contributed by atoms with Gasteiger partial charge in [0.1, 0.15) is 5.69 Å². The van der Waals surface area contributed by atoms with Gasteiger partial charge in [-0.25, -0.2) is 0 Å². The van der Waals surface area contributed by atoms with Crippen LogP contribution in [0.25, 0.3) is 0 Å². The van der Waals surface area contributed by atoms with Crippen molar-refractivity contribution in [3.8, 4) is 0 Å². The second kappa shape index (κ2) is 6.09. The summed E-state index contributed by atoms with van der Waals surface area (Å²) in [7, 11) is 0. The van der Waals surface area contributed by atoms with Crippen LogP contribution in [0.2, 0.25) is 0 Å². The van der Waals surface area contributed by atoms with Crippen LogP contribution in [0.4, 0.5) is 17.1 Å². The number of benzene rings is 1. The number of aliphatic hydroxyl groups excluding tert-OH is 1. The van der Waals surface area contributed by atoms with E-state index in [9.17, 15) is 14.9 Å². The third-order valence-corrected chi connectivity index (χ3v) is 3.84. The van der Waals surface area contributed by atoms with E-state index in [0.29, 0.717) is 24.2 Å². The second-order valence-corrected chi connectivity index (χ2v) is 5.42. The first-order valence-corrected chi connectivity index (χ1v) is 6.91. The predicted molar refractivity (Wildman–Crippen MR) is 79.4 cm³/mol. The van der Waals surface area contributed by atoms with Crippen LogP contribution in [0, 0.1) is 16.0 Å². The molecule has 1 aliphatic heterocycles. The molecule has 3 N–H and O–H groups in total. The zero-order chi connectivity index (χ0) is 15.6. The van der Waals surface area contributed by atoms with Crippen molar-refractivity contribution in [2.45, 2.75) is 32.7 Å². The zero-order valence-corrected chi connectivity index (χ0v) is 12.0. The SMILES string of the molecule is CC(CO)C(C)Nc1cc2c(cc1[N+](=O)[O-])NC(=O)CC2. The van der Waals surface area contributed by atoms with Crippen molar-refractivity contribution in [2.24, 2.45) is 5.92 Å². The molecular weight excluding hydrogens is 274 g/mol. The number of aliphatic hydroxyl groups is 1. The fraction of sp³-hybridized carbons (Fsp3) is 0.500. The van der Waals surface area contributed by atoms with Gasteiger partial charge in [-0.2, -0.15) is 0 Å². The number of aryl methyl sites for hydroxylation is 1. The molecule has 0 saturated carbocycles. The fourth-order valence-electron chi connectivity index (χ4n) is 2.23. The molecule has 0 bridgehead atoms. The number of rotatable bonds is 5. The maximum absolute atomic E-state index is 11.4. The van der Waals surface area contributed by atoms with Gasteiger partial charge in [-0.1, -0.05) is 6.92 Å². The summed E-state index contributed by atoms with van der Waals surface area (Å²) < 4.78 is 0. The van der Waals surface area contributed by atoms with Crippen LogP contribution in [-0.4, -0.2) is 28.6 Å². The lowest BCUT2D eigenvalue weighted by atomic mass is 10.00. The van der Waals surface area contributed by atoms with Gasteiger partial charge < -0.3 is 15.7 Å². The van der Waals surface area contributed by atoms with Crippen LogP contribution in [0.5, 0.6) is 0 Å². The van der Waals surface area contributed by atoms with Gasteiger partial charge in [0.2, 0.25) is 5.91 Å². The fourth-order valence-corrected chi connectivity index (χ4v) is 2.23. The molecule has 0 spiro atoms. The molecule has 1 amide bonds. The van der Waals surface area contributed by atoms with Crippen LogP contribution >= 0.6 is 0 Å². The Balaban J connectivity index is 2.35. The number of nitrogens with one attached hydrogen (secondary N) is 2. The number of carbonyl (C=O) groups is 1. The Morgan fingerprint density at radius 3 is 2.76 bits per heavy atom. The Hall–Kier alpha value is -2.15. The lowest BCUT2D eigenvalue weighted by Gasteiger charge is -2.23. The van der Waals surface area contributed by atoms with E-state index in [1.807, 2.05) is 13.8 Å². The van der Waals surface area contributed by atoms with Gasteiger partial charge in [-0.3, -0.25) is 14.9 Å². The van der Waals surface area contributed by atoms with Gasteiger partial charge in [0.25, 0.3) is 5.69 Å². The number of fused-ring (bicyclic) bond motifs is 1. The van der Waals surface area contributed by atoms with Crippen LogP contribution in [0.3, 0.4) is 0 Å². The Morgan fingerprint density at radius 2 is 2.14 bits per heavy atom. The van der Waals surface area contributed by atoms with E-state index in [1.165, 1.54) is 6.07 Å². The van der Waals surface area contributed by atoms with Crippen LogP contribution in [-0.2, 0) is 11.2 Å². The summed E-state index contributed by atoms with van der Waals surface area (Å²) in [6, 6.07) is 3.00. The first-order chi connectivity index (χ1) is 9.92. The number of nitrogens with zero attached hydrogens (tertiary/aromatic N) is 1. The highest BCUT2D eigenvalue weighted by atomic mass is 16.6. The Kier molecular flexibility index (Phi) is 4.42. The first kappa shape index (κ1) is 15.2. The molecule has 1 heterocycles. The summed E-state index contributed by atoms with van der Waals surface area (Å²) in [6.45, 7) is 3.73. The number of anilines is 2. The molecule has 1 aromatic rings. The molecule has 1 aliphatic rings. The molecule has 1 aromatic carbocycles. The zero-order valence-electron chi connectivity index (χ0n) is 12.0. The summed E-state index contributed by atoms with van der Waals surface area (Å²) in [4.78, 5) is 22.1. The lowest BCUT2D eigenvalue weighted by Crippen LogP contribution is -2.27. The summed E-state index contributed by atoms with van der Waals surface area (Å²) in [5.41, 5.74) is 1.73. The topological polar surface area (TPSA) is 104 Å². The number of nitro benzene ring substituents is 1. The second-order valence-electron chi connectivity index (χ2n) is 5.42. The number of nitro groups is 1. The lowest BCUT2D eigenvalue weighted by molar-refractivity contribution is -0.383.